The molecule has 1 unspecified atom stereocenters. The number of aromatic amines is 1. The van der Waals surface area contributed by atoms with Crippen LogP contribution in [0.2, 0.25) is 0 Å². The molecule has 132 valence electrons. The predicted octanol–water partition coefficient (Wildman–Crippen LogP) is 2.62. The second-order valence-corrected chi connectivity index (χ2v) is 6.83. The third-order valence-corrected chi connectivity index (χ3v) is 3.84. The summed E-state index contributed by atoms with van der Waals surface area (Å²) in [5.74, 6) is -0.605. The van der Waals surface area contributed by atoms with Crippen molar-refractivity contribution in [3.8, 4) is 0 Å². The summed E-state index contributed by atoms with van der Waals surface area (Å²) in [6.07, 6.45) is 2.04. The lowest BCUT2D eigenvalue weighted by atomic mass is 9.96. The van der Waals surface area contributed by atoms with Gasteiger partial charge in [0.1, 0.15) is 11.3 Å². The van der Waals surface area contributed by atoms with E-state index >= 15 is 0 Å². The van der Waals surface area contributed by atoms with E-state index in [4.69, 9.17) is 4.74 Å². The number of rotatable bonds is 2. The molecule has 1 aromatic rings. The van der Waals surface area contributed by atoms with Crippen LogP contribution in [-0.2, 0) is 9.47 Å². The van der Waals surface area contributed by atoms with Crippen molar-refractivity contribution in [2.75, 3.05) is 13.7 Å². The number of hydrogen-bond donors (Lipinski definition) is 1. The highest BCUT2D eigenvalue weighted by molar-refractivity contribution is 5.87. The first-order chi connectivity index (χ1) is 11.2. The number of piperidine rings is 1. The van der Waals surface area contributed by atoms with Gasteiger partial charge in [0.15, 0.2) is 0 Å². The molecule has 0 bridgehead atoms. The van der Waals surface area contributed by atoms with Crippen LogP contribution >= 0.6 is 0 Å². The van der Waals surface area contributed by atoms with Crippen LogP contribution in [0.3, 0.4) is 0 Å². The summed E-state index contributed by atoms with van der Waals surface area (Å²) in [5.41, 5.74) is -0.447. The summed E-state index contributed by atoms with van der Waals surface area (Å²) in [6.45, 7) is 5.96. The Labute approximate surface area is 140 Å². The third-order valence-electron chi connectivity index (χ3n) is 3.84. The lowest BCUT2D eigenvalue weighted by Gasteiger charge is -2.36. The van der Waals surface area contributed by atoms with Gasteiger partial charge in [-0.25, -0.2) is 9.59 Å². The van der Waals surface area contributed by atoms with Gasteiger partial charge in [0.2, 0.25) is 0 Å². The van der Waals surface area contributed by atoms with Gasteiger partial charge in [0, 0.05) is 12.1 Å². The Morgan fingerprint density at radius 2 is 1.96 bits per heavy atom. The molecule has 0 saturated carbocycles. The van der Waals surface area contributed by atoms with Crippen LogP contribution < -0.4 is 5.56 Å². The van der Waals surface area contributed by atoms with E-state index in [1.807, 2.05) is 20.8 Å². The largest absolute Gasteiger partial charge is 0.464 e. The van der Waals surface area contributed by atoms with Gasteiger partial charge in [-0.2, -0.15) is 0 Å². The van der Waals surface area contributed by atoms with E-state index < -0.39 is 23.2 Å². The van der Waals surface area contributed by atoms with Gasteiger partial charge in [-0.1, -0.05) is 0 Å². The average molecular weight is 336 g/mol. The van der Waals surface area contributed by atoms with Gasteiger partial charge in [0.25, 0.3) is 5.56 Å². The minimum Gasteiger partial charge on any atom is -0.464 e. The number of aromatic nitrogens is 1. The Morgan fingerprint density at radius 3 is 2.54 bits per heavy atom. The molecule has 1 saturated heterocycles. The van der Waals surface area contributed by atoms with Crippen molar-refractivity contribution >= 4 is 12.1 Å². The highest BCUT2D eigenvalue weighted by Crippen LogP contribution is 2.30. The minimum absolute atomic E-state index is 0.0888. The number of nitrogens with zero attached hydrogens (tertiary/aromatic N) is 1. The molecule has 1 aromatic heterocycles. The summed E-state index contributed by atoms with van der Waals surface area (Å²) >= 11 is 0. The molecule has 0 aliphatic carbocycles. The van der Waals surface area contributed by atoms with Crippen LogP contribution in [0.15, 0.2) is 16.9 Å². The van der Waals surface area contributed by atoms with Gasteiger partial charge in [-0.3, -0.25) is 4.79 Å². The maximum Gasteiger partial charge on any atom is 0.410 e. The number of amides is 1. The quantitative estimate of drug-likeness (QED) is 0.839. The molecule has 24 heavy (non-hydrogen) atoms. The number of carbonyl (C=O) groups excluding carboxylic acids is 2. The molecule has 1 fully saturated rings. The van der Waals surface area contributed by atoms with Crippen molar-refractivity contribution in [2.45, 2.75) is 51.7 Å². The summed E-state index contributed by atoms with van der Waals surface area (Å²) in [4.78, 5) is 40.4. The molecular weight excluding hydrogens is 312 g/mol. The summed E-state index contributed by atoms with van der Waals surface area (Å²) < 4.78 is 10.0. The van der Waals surface area contributed by atoms with Crippen LogP contribution in [0.5, 0.6) is 0 Å². The molecule has 1 atom stereocenters. The third kappa shape index (κ3) is 4.15. The average Bonchev–Trinajstić information content (AvgIpc) is 2.52. The van der Waals surface area contributed by atoms with Crippen LogP contribution in [-0.4, -0.2) is 41.2 Å². The van der Waals surface area contributed by atoms with Crippen LogP contribution in [0.1, 0.15) is 62.1 Å². The zero-order valence-electron chi connectivity index (χ0n) is 14.5. The Bertz CT molecular complexity index is 674. The molecule has 1 amide bonds. The molecule has 0 radical (unpaired) electrons. The highest BCUT2D eigenvalue weighted by atomic mass is 16.6. The number of methoxy groups -OCH3 is 1. The second-order valence-electron chi connectivity index (χ2n) is 6.83. The standard InChI is InChI=1S/C17H24N2O5/c1-17(2,3)24-16(22)19-10-6-5-7-13(19)11-8-9-12(15(21)23-4)18-14(11)20/h8-9,13H,5-7,10H2,1-4H3,(H,18,20). The van der Waals surface area contributed by atoms with Gasteiger partial charge in [0.05, 0.1) is 13.2 Å². The lowest BCUT2D eigenvalue weighted by molar-refractivity contribution is 0.00931. The van der Waals surface area contributed by atoms with Crippen LogP contribution in [0.4, 0.5) is 4.79 Å². The lowest BCUT2D eigenvalue weighted by Crippen LogP contribution is -2.43. The zero-order valence-corrected chi connectivity index (χ0v) is 14.5. The van der Waals surface area contributed by atoms with E-state index in [-0.39, 0.29) is 11.7 Å². The Morgan fingerprint density at radius 1 is 1.25 bits per heavy atom. The number of H-pyrrole nitrogens is 1. The molecule has 2 heterocycles. The van der Waals surface area contributed by atoms with E-state index in [0.29, 0.717) is 18.5 Å². The zero-order chi connectivity index (χ0) is 17.9. The van der Waals surface area contributed by atoms with Gasteiger partial charge < -0.3 is 19.4 Å². The summed E-state index contributed by atoms with van der Waals surface area (Å²) in [7, 11) is 1.25. The van der Waals surface area contributed by atoms with Crippen molar-refractivity contribution in [3.05, 3.63) is 33.7 Å². The molecule has 2 rings (SSSR count). The fourth-order valence-corrected chi connectivity index (χ4v) is 2.77. The molecule has 0 aromatic carbocycles. The van der Waals surface area contributed by atoms with Gasteiger partial charge in [-0.15, -0.1) is 0 Å². The summed E-state index contributed by atoms with van der Waals surface area (Å²) in [6, 6.07) is 2.73. The van der Waals surface area contributed by atoms with Crippen molar-refractivity contribution in [3.63, 3.8) is 0 Å². The Kier molecular flexibility index (Phi) is 5.31. The molecule has 7 nitrogen and oxygen atoms in total. The number of carbonyl (C=O) groups is 2. The number of likely N-dealkylation sites (tertiary alicyclic amines) is 1. The van der Waals surface area contributed by atoms with E-state index in [1.54, 1.807) is 11.0 Å². The van der Waals surface area contributed by atoms with Crippen molar-refractivity contribution < 1.29 is 19.1 Å². The molecule has 0 spiro atoms. The first kappa shape index (κ1) is 18.0. The maximum absolute atomic E-state index is 12.4. The normalized spacial score (nSPS) is 18.2. The predicted molar refractivity (Wildman–Crippen MR) is 87.9 cm³/mol. The van der Waals surface area contributed by atoms with Crippen molar-refractivity contribution in [2.24, 2.45) is 0 Å². The minimum atomic E-state index is -0.605. The first-order valence-corrected chi connectivity index (χ1v) is 8.04. The number of pyridine rings is 1. The van der Waals surface area contributed by atoms with Crippen LogP contribution in [0, 0.1) is 0 Å². The fraction of sp³-hybridized carbons (Fsp3) is 0.588. The smallest absolute Gasteiger partial charge is 0.410 e. The van der Waals surface area contributed by atoms with Gasteiger partial charge in [-0.05, 0) is 52.2 Å². The number of ether oxygens (including phenoxy) is 2. The molecule has 1 N–H and O–H groups in total. The SMILES string of the molecule is COC(=O)c1ccc(C2CCCCN2C(=O)OC(C)(C)C)c(=O)[nH]1. The number of nitrogens with one attached hydrogen (secondary N) is 1. The van der Waals surface area contributed by atoms with E-state index in [9.17, 15) is 14.4 Å². The molecular formula is C17H24N2O5. The molecule has 7 heteroatoms. The fourth-order valence-electron chi connectivity index (χ4n) is 2.77. The number of esters is 1. The first-order valence-electron chi connectivity index (χ1n) is 8.04. The molecule has 1 aliphatic heterocycles. The van der Waals surface area contributed by atoms with Crippen molar-refractivity contribution in [1.82, 2.24) is 9.88 Å². The van der Waals surface area contributed by atoms with Crippen LogP contribution in [0.25, 0.3) is 0 Å². The Hall–Kier alpha value is -2.31. The van der Waals surface area contributed by atoms with E-state index in [0.717, 1.165) is 12.8 Å². The highest BCUT2D eigenvalue weighted by Gasteiger charge is 2.32. The van der Waals surface area contributed by atoms with E-state index in [2.05, 4.69) is 9.72 Å². The van der Waals surface area contributed by atoms with Crippen molar-refractivity contribution in [1.29, 1.82) is 0 Å². The second kappa shape index (κ2) is 7.07. The van der Waals surface area contributed by atoms with Gasteiger partial charge >= 0.3 is 12.1 Å². The number of hydrogen-bond acceptors (Lipinski definition) is 5. The maximum atomic E-state index is 12.4. The Balaban J connectivity index is 2.29. The van der Waals surface area contributed by atoms with E-state index in [1.165, 1.54) is 13.2 Å². The topological polar surface area (TPSA) is 88.7 Å². The molecule has 1 aliphatic rings. The summed E-state index contributed by atoms with van der Waals surface area (Å²) in [5, 5.41) is 0. The monoisotopic (exact) mass is 336 g/mol.